The fourth-order valence-electron chi connectivity index (χ4n) is 3.33. The van der Waals surface area contributed by atoms with Gasteiger partial charge in [-0.15, -0.1) is 5.10 Å². The third-order valence-electron chi connectivity index (χ3n) is 4.64. The molecule has 1 aromatic heterocycles. The van der Waals surface area contributed by atoms with Gasteiger partial charge in [-0.1, -0.05) is 12.1 Å². The standard InChI is InChI=1S/C19H16N6O4/c1-10-15(17(20)27)16(12-3-2-4-14(26)9-12)24-19(21-10)22-18(23-24)11-5-7-13(8-6-11)25(28)29/h2-9,16,26H,1H3,(H2,20,27)(H,21,22,23). The molecule has 3 aromatic rings. The summed E-state index contributed by atoms with van der Waals surface area (Å²) in [5.74, 6) is 0.126. The molecule has 2 heterocycles. The highest BCUT2D eigenvalue weighted by molar-refractivity contribution is 5.95. The number of nitrogens with zero attached hydrogens (tertiary/aromatic N) is 4. The van der Waals surface area contributed by atoms with E-state index in [2.05, 4.69) is 15.4 Å². The summed E-state index contributed by atoms with van der Waals surface area (Å²) in [5, 5.41) is 28.3. The second-order valence-electron chi connectivity index (χ2n) is 6.53. The Labute approximate surface area is 164 Å². The molecule has 4 rings (SSSR count). The van der Waals surface area contributed by atoms with Crippen LogP contribution in [0.15, 0.2) is 59.8 Å². The maximum absolute atomic E-state index is 12.2. The molecule has 10 nitrogen and oxygen atoms in total. The maximum Gasteiger partial charge on any atom is 0.269 e. The normalized spacial score (nSPS) is 15.6. The number of anilines is 1. The number of fused-ring (bicyclic) bond motifs is 1. The van der Waals surface area contributed by atoms with E-state index < -0.39 is 16.9 Å². The fourth-order valence-corrected chi connectivity index (χ4v) is 3.33. The Hall–Kier alpha value is -4.21. The molecule has 1 unspecified atom stereocenters. The monoisotopic (exact) mass is 392 g/mol. The average molecular weight is 392 g/mol. The molecule has 0 radical (unpaired) electrons. The number of nitrogens with two attached hydrogens (primary N) is 1. The van der Waals surface area contributed by atoms with Crippen LogP contribution in [0.5, 0.6) is 5.75 Å². The minimum absolute atomic E-state index is 0.0398. The zero-order valence-electron chi connectivity index (χ0n) is 15.2. The SMILES string of the molecule is CC1=C(C(N)=O)C(c2cccc(O)c2)n2nc(-c3ccc([N+](=O)[O-])cc3)nc2N1. The Balaban J connectivity index is 1.84. The summed E-state index contributed by atoms with van der Waals surface area (Å²) in [6, 6.07) is 11.6. The lowest BCUT2D eigenvalue weighted by molar-refractivity contribution is -0.384. The number of hydrogen-bond donors (Lipinski definition) is 3. The van der Waals surface area contributed by atoms with Crippen LogP contribution in [0.25, 0.3) is 11.4 Å². The van der Waals surface area contributed by atoms with Gasteiger partial charge in [-0.05, 0) is 36.8 Å². The van der Waals surface area contributed by atoms with E-state index in [9.17, 15) is 20.0 Å². The van der Waals surface area contributed by atoms with E-state index in [0.717, 1.165) is 0 Å². The van der Waals surface area contributed by atoms with Crippen LogP contribution in [0.2, 0.25) is 0 Å². The van der Waals surface area contributed by atoms with Crippen molar-refractivity contribution in [2.45, 2.75) is 13.0 Å². The second-order valence-corrected chi connectivity index (χ2v) is 6.53. The number of amides is 1. The number of nitro groups is 1. The molecule has 0 spiro atoms. The number of phenolic OH excluding ortho intramolecular Hbond substituents is 1. The first-order valence-corrected chi connectivity index (χ1v) is 8.63. The van der Waals surface area contributed by atoms with E-state index in [1.807, 2.05) is 0 Å². The van der Waals surface area contributed by atoms with Crippen LogP contribution in [0, 0.1) is 10.1 Å². The summed E-state index contributed by atoms with van der Waals surface area (Å²) >= 11 is 0. The van der Waals surface area contributed by atoms with E-state index in [1.54, 1.807) is 31.2 Å². The van der Waals surface area contributed by atoms with Gasteiger partial charge in [0.05, 0.1) is 10.5 Å². The van der Waals surface area contributed by atoms with Crippen LogP contribution < -0.4 is 11.1 Å². The quantitative estimate of drug-likeness (QED) is 0.455. The number of nitro benzene ring substituents is 1. The average Bonchev–Trinajstić information content (AvgIpc) is 3.10. The Kier molecular flexibility index (Phi) is 4.23. The van der Waals surface area contributed by atoms with Gasteiger partial charge in [0, 0.05) is 23.4 Å². The number of non-ortho nitro benzene ring substituents is 1. The lowest BCUT2D eigenvalue weighted by Crippen LogP contribution is -2.31. The number of nitrogens with one attached hydrogen (secondary N) is 1. The summed E-state index contributed by atoms with van der Waals surface area (Å²) in [6.07, 6.45) is 0. The van der Waals surface area contributed by atoms with Crippen molar-refractivity contribution in [1.29, 1.82) is 0 Å². The number of aromatic nitrogens is 3. The van der Waals surface area contributed by atoms with Crippen LogP contribution in [-0.2, 0) is 4.79 Å². The lowest BCUT2D eigenvalue weighted by Gasteiger charge is -2.27. The molecule has 10 heteroatoms. The van der Waals surface area contributed by atoms with Gasteiger partial charge < -0.3 is 16.2 Å². The van der Waals surface area contributed by atoms with Gasteiger partial charge in [0.1, 0.15) is 11.8 Å². The number of hydrogen-bond acceptors (Lipinski definition) is 7. The molecular formula is C19H16N6O4. The molecule has 1 amide bonds. The molecule has 4 N–H and O–H groups in total. The second kappa shape index (κ2) is 6.75. The topological polar surface area (TPSA) is 149 Å². The molecule has 0 fully saturated rings. The fraction of sp³-hybridized carbons (Fsp3) is 0.105. The smallest absolute Gasteiger partial charge is 0.269 e. The van der Waals surface area contributed by atoms with E-state index in [4.69, 9.17) is 5.73 Å². The van der Waals surface area contributed by atoms with Gasteiger partial charge >= 0.3 is 0 Å². The van der Waals surface area contributed by atoms with Crippen molar-refractivity contribution in [2.24, 2.45) is 5.73 Å². The van der Waals surface area contributed by atoms with Crippen molar-refractivity contribution in [3.8, 4) is 17.1 Å². The number of primary amides is 1. The number of phenols is 1. The highest BCUT2D eigenvalue weighted by atomic mass is 16.6. The summed E-state index contributed by atoms with van der Waals surface area (Å²) in [5.41, 5.74) is 7.59. The predicted molar refractivity (Wildman–Crippen MR) is 104 cm³/mol. The van der Waals surface area contributed by atoms with Crippen molar-refractivity contribution in [1.82, 2.24) is 14.8 Å². The Morgan fingerprint density at radius 3 is 2.62 bits per heavy atom. The molecular weight excluding hydrogens is 376 g/mol. The number of rotatable bonds is 4. The summed E-state index contributed by atoms with van der Waals surface area (Å²) in [7, 11) is 0. The summed E-state index contributed by atoms with van der Waals surface area (Å²) in [6.45, 7) is 1.71. The maximum atomic E-state index is 12.2. The van der Waals surface area contributed by atoms with Gasteiger partial charge in [0.15, 0.2) is 5.82 Å². The molecule has 0 saturated heterocycles. The van der Waals surface area contributed by atoms with Crippen molar-refractivity contribution in [3.63, 3.8) is 0 Å². The number of allylic oxidation sites excluding steroid dienone is 1. The lowest BCUT2D eigenvalue weighted by atomic mass is 9.95. The Morgan fingerprint density at radius 1 is 1.28 bits per heavy atom. The molecule has 146 valence electrons. The van der Waals surface area contributed by atoms with Gasteiger partial charge in [-0.25, -0.2) is 4.68 Å². The van der Waals surface area contributed by atoms with Crippen molar-refractivity contribution >= 4 is 17.5 Å². The van der Waals surface area contributed by atoms with Crippen molar-refractivity contribution in [2.75, 3.05) is 5.32 Å². The zero-order valence-corrected chi connectivity index (χ0v) is 15.2. The number of benzene rings is 2. The number of carbonyl (C=O) groups is 1. The van der Waals surface area contributed by atoms with Gasteiger partial charge in [-0.2, -0.15) is 4.98 Å². The molecule has 29 heavy (non-hydrogen) atoms. The first-order chi connectivity index (χ1) is 13.8. The zero-order chi connectivity index (χ0) is 20.7. The van der Waals surface area contributed by atoms with E-state index in [0.29, 0.717) is 34.2 Å². The van der Waals surface area contributed by atoms with Crippen molar-refractivity contribution in [3.05, 3.63) is 75.5 Å². The van der Waals surface area contributed by atoms with Crippen LogP contribution in [-0.4, -0.2) is 30.7 Å². The van der Waals surface area contributed by atoms with Crippen LogP contribution >= 0.6 is 0 Å². The van der Waals surface area contributed by atoms with E-state index >= 15 is 0 Å². The van der Waals surface area contributed by atoms with E-state index in [1.165, 1.54) is 28.9 Å². The third-order valence-corrected chi connectivity index (χ3v) is 4.64. The molecule has 0 saturated carbocycles. The van der Waals surface area contributed by atoms with Crippen LogP contribution in [0.1, 0.15) is 18.5 Å². The largest absolute Gasteiger partial charge is 0.508 e. The molecule has 1 atom stereocenters. The first kappa shape index (κ1) is 18.2. The summed E-state index contributed by atoms with van der Waals surface area (Å²) < 4.78 is 1.51. The minimum atomic E-state index is -0.685. The Morgan fingerprint density at radius 2 is 2.00 bits per heavy atom. The molecule has 0 aliphatic carbocycles. The van der Waals surface area contributed by atoms with Crippen LogP contribution in [0.4, 0.5) is 11.6 Å². The summed E-state index contributed by atoms with van der Waals surface area (Å²) in [4.78, 5) is 27.0. The van der Waals surface area contributed by atoms with Crippen LogP contribution in [0.3, 0.4) is 0 Å². The highest BCUT2D eigenvalue weighted by Gasteiger charge is 2.33. The molecule has 1 aliphatic rings. The van der Waals surface area contributed by atoms with Gasteiger partial charge in [0.25, 0.3) is 5.69 Å². The molecule has 1 aliphatic heterocycles. The molecule has 0 bridgehead atoms. The number of carbonyl (C=O) groups excluding carboxylic acids is 1. The van der Waals surface area contributed by atoms with Crippen molar-refractivity contribution < 1.29 is 14.8 Å². The van der Waals surface area contributed by atoms with E-state index in [-0.39, 0.29) is 11.4 Å². The van der Waals surface area contributed by atoms with Gasteiger partial charge in [-0.3, -0.25) is 14.9 Å². The highest BCUT2D eigenvalue weighted by Crippen LogP contribution is 2.37. The Bertz CT molecular complexity index is 1170. The first-order valence-electron chi connectivity index (χ1n) is 8.63. The number of aromatic hydroxyl groups is 1. The van der Waals surface area contributed by atoms with Gasteiger partial charge in [0.2, 0.25) is 11.9 Å². The minimum Gasteiger partial charge on any atom is -0.508 e. The third kappa shape index (κ3) is 3.16. The predicted octanol–water partition coefficient (Wildman–Crippen LogP) is 2.33. The molecule has 2 aromatic carbocycles.